The smallest absolute Gasteiger partial charge is 0.331 e. The second kappa shape index (κ2) is 6.86. The molecule has 0 spiro atoms. The Balaban J connectivity index is 1.85. The molecule has 0 saturated heterocycles. The Kier molecular flexibility index (Phi) is 4.90. The van der Waals surface area contributed by atoms with Crippen LogP contribution in [0, 0.1) is 0 Å². The second-order valence-electron chi connectivity index (χ2n) is 4.00. The van der Waals surface area contributed by atoms with Crippen LogP contribution >= 0.6 is 15.9 Å². The quantitative estimate of drug-likeness (QED) is 0.519. The predicted molar refractivity (Wildman–Crippen MR) is 79.3 cm³/mol. The van der Waals surface area contributed by atoms with Crippen molar-refractivity contribution in [3.63, 3.8) is 0 Å². The van der Waals surface area contributed by atoms with Gasteiger partial charge < -0.3 is 9.72 Å². The van der Waals surface area contributed by atoms with Crippen molar-refractivity contribution in [2.45, 2.75) is 0 Å². The third-order valence-corrected chi connectivity index (χ3v) is 3.00. The molecule has 4 nitrogen and oxygen atoms in total. The molecule has 5 heteroatoms. The Morgan fingerprint density at radius 1 is 1.25 bits per heavy atom. The van der Waals surface area contributed by atoms with Gasteiger partial charge in [0, 0.05) is 16.7 Å². The van der Waals surface area contributed by atoms with Crippen molar-refractivity contribution in [1.29, 1.82) is 0 Å². The number of rotatable bonds is 5. The molecule has 0 fully saturated rings. The third-order valence-electron chi connectivity index (χ3n) is 2.50. The van der Waals surface area contributed by atoms with E-state index in [0.717, 1.165) is 10.0 Å². The lowest BCUT2D eigenvalue weighted by atomic mass is 10.2. The zero-order valence-electron chi connectivity index (χ0n) is 10.5. The number of ketones is 1. The van der Waals surface area contributed by atoms with Gasteiger partial charge in [0.15, 0.2) is 6.61 Å². The molecule has 1 heterocycles. The number of aromatic amines is 1. The van der Waals surface area contributed by atoms with Crippen LogP contribution in [-0.4, -0.2) is 23.3 Å². The number of Topliss-reactive ketones (excluding diaryl/α,β-unsaturated/α-hetero) is 1. The molecule has 1 N–H and O–H groups in total. The van der Waals surface area contributed by atoms with Crippen molar-refractivity contribution < 1.29 is 14.3 Å². The lowest BCUT2D eigenvalue weighted by molar-refractivity contribution is -0.136. The molecule has 0 aliphatic rings. The van der Waals surface area contributed by atoms with E-state index in [1.165, 1.54) is 6.08 Å². The maximum absolute atomic E-state index is 11.6. The fourth-order valence-electron chi connectivity index (χ4n) is 1.54. The van der Waals surface area contributed by atoms with Gasteiger partial charge in [-0.1, -0.05) is 28.1 Å². The van der Waals surface area contributed by atoms with Crippen LogP contribution in [0.2, 0.25) is 0 Å². The fourth-order valence-corrected chi connectivity index (χ4v) is 1.96. The first-order valence-electron chi connectivity index (χ1n) is 5.92. The van der Waals surface area contributed by atoms with E-state index in [1.807, 2.05) is 24.3 Å². The second-order valence-corrected chi connectivity index (χ2v) is 4.92. The zero-order chi connectivity index (χ0) is 14.4. The van der Waals surface area contributed by atoms with Gasteiger partial charge >= 0.3 is 5.97 Å². The maximum Gasteiger partial charge on any atom is 0.331 e. The SMILES string of the molecule is O=C(C=Cc1cccc(Br)c1)OCC(=O)c1ccc[nH]1. The number of H-pyrrole nitrogens is 1. The topological polar surface area (TPSA) is 59.2 Å². The van der Waals surface area contributed by atoms with Gasteiger partial charge in [-0.15, -0.1) is 0 Å². The molecule has 0 bridgehead atoms. The molecule has 0 aliphatic heterocycles. The van der Waals surface area contributed by atoms with Crippen LogP contribution in [-0.2, 0) is 9.53 Å². The molecular weight excluding hydrogens is 322 g/mol. The molecule has 0 unspecified atom stereocenters. The van der Waals surface area contributed by atoms with Gasteiger partial charge in [-0.2, -0.15) is 0 Å². The Bertz CT molecular complexity index is 632. The largest absolute Gasteiger partial charge is 0.454 e. The van der Waals surface area contributed by atoms with Crippen LogP contribution in [0.3, 0.4) is 0 Å². The maximum atomic E-state index is 11.6. The fraction of sp³-hybridized carbons (Fsp3) is 0.0667. The lowest BCUT2D eigenvalue weighted by Gasteiger charge is -2.00. The van der Waals surface area contributed by atoms with Gasteiger partial charge in [0.1, 0.15) is 0 Å². The molecule has 0 amide bonds. The minimum absolute atomic E-state index is 0.265. The third kappa shape index (κ3) is 4.20. The van der Waals surface area contributed by atoms with Gasteiger partial charge in [0.2, 0.25) is 5.78 Å². The van der Waals surface area contributed by atoms with Gasteiger partial charge in [-0.05, 0) is 35.9 Å². The summed E-state index contributed by atoms with van der Waals surface area (Å²) in [5, 5.41) is 0. The van der Waals surface area contributed by atoms with E-state index in [9.17, 15) is 9.59 Å². The number of nitrogens with one attached hydrogen (secondary N) is 1. The summed E-state index contributed by atoms with van der Waals surface area (Å²) in [5.41, 5.74) is 1.29. The van der Waals surface area contributed by atoms with Crippen molar-refractivity contribution in [3.05, 3.63) is 64.4 Å². The standard InChI is InChI=1S/C15H12BrNO3/c16-12-4-1-3-11(9-12)6-7-15(19)20-10-14(18)13-5-2-8-17-13/h1-9,17H,10H2. The van der Waals surface area contributed by atoms with Crippen molar-refractivity contribution in [3.8, 4) is 0 Å². The van der Waals surface area contributed by atoms with Crippen molar-refractivity contribution in [1.82, 2.24) is 4.98 Å². The summed E-state index contributed by atoms with van der Waals surface area (Å²) in [5.74, 6) is -0.816. The highest BCUT2D eigenvalue weighted by Gasteiger charge is 2.08. The molecule has 0 aliphatic carbocycles. The number of ether oxygens (including phenoxy) is 1. The number of aromatic nitrogens is 1. The van der Waals surface area contributed by atoms with Crippen LogP contribution in [0.4, 0.5) is 0 Å². The normalized spacial score (nSPS) is 10.7. The minimum atomic E-state index is -0.551. The van der Waals surface area contributed by atoms with Crippen molar-refractivity contribution >= 4 is 33.8 Å². The molecule has 0 radical (unpaired) electrons. The van der Waals surface area contributed by atoms with E-state index < -0.39 is 5.97 Å². The molecular formula is C15H12BrNO3. The van der Waals surface area contributed by atoms with Crippen LogP contribution in [0.25, 0.3) is 6.08 Å². The number of carbonyl (C=O) groups excluding carboxylic acids is 2. The molecule has 0 atom stereocenters. The van der Waals surface area contributed by atoms with Crippen LogP contribution in [0.1, 0.15) is 16.1 Å². The first-order chi connectivity index (χ1) is 9.65. The number of benzene rings is 1. The van der Waals surface area contributed by atoms with E-state index >= 15 is 0 Å². The highest BCUT2D eigenvalue weighted by atomic mass is 79.9. The summed E-state index contributed by atoms with van der Waals surface area (Å²) < 4.78 is 5.80. The van der Waals surface area contributed by atoms with Gasteiger partial charge in [0.05, 0.1) is 5.69 Å². The van der Waals surface area contributed by atoms with Gasteiger partial charge in [-0.25, -0.2) is 4.79 Å². The van der Waals surface area contributed by atoms with Crippen molar-refractivity contribution in [2.24, 2.45) is 0 Å². The molecule has 102 valence electrons. The summed E-state index contributed by atoms with van der Waals surface area (Å²) in [7, 11) is 0. The Labute approximate surface area is 124 Å². The molecule has 1 aromatic carbocycles. The molecule has 1 aromatic heterocycles. The summed E-state index contributed by atoms with van der Waals surface area (Å²) in [6.07, 6.45) is 4.57. The van der Waals surface area contributed by atoms with E-state index in [1.54, 1.807) is 24.4 Å². The number of carbonyl (C=O) groups is 2. The van der Waals surface area contributed by atoms with Gasteiger partial charge in [0.25, 0.3) is 0 Å². The first kappa shape index (κ1) is 14.3. The number of esters is 1. The molecule has 2 aromatic rings. The van der Waals surface area contributed by atoms with E-state index in [2.05, 4.69) is 20.9 Å². The number of hydrogen-bond acceptors (Lipinski definition) is 3. The highest BCUT2D eigenvalue weighted by molar-refractivity contribution is 9.10. The van der Waals surface area contributed by atoms with Crippen LogP contribution in [0.15, 0.2) is 53.1 Å². The summed E-state index contributed by atoms with van der Waals surface area (Å²) in [6, 6.07) is 10.8. The van der Waals surface area contributed by atoms with E-state index in [0.29, 0.717) is 5.69 Å². The first-order valence-corrected chi connectivity index (χ1v) is 6.71. The average molecular weight is 334 g/mol. The monoisotopic (exact) mass is 333 g/mol. The van der Waals surface area contributed by atoms with Crippen molar-refractivity contribution in [2.75, 3.05) is 6.61 Å². The summed E-state index contributed by atoms with van der Waals surface area (Å²) >= 11 is 3.34. The Morgan fingerprint density at radius 2 is 2.10 bits per heavy atom. The van der Waals surface area contributed by atoms with Gasteiger partial charge in [-0.3, -0.25) is 4.79 Å². The Morgan fingerprint density at radius 3 is 2.80 bits per heavy atom. The highest BCUT2D eigenvalue weighted by Crippen LogP contribution is 2.12. The summed E-state index contributed by atoms with van der Waals surface area (Å²) in [6.45, 7) is -0.276. The van der Waals surface area contributed by atoms with E-state index in [-0.39, 0.29) is 12.4 Å². The minimum Gasteiger partial charge on any atom is -0.454 e. The number of hydrogen-bond donors (Lipinski definition) is 1. The number of halogens is 1. The molecule has 20 heavy (non-hydrogen) atoms. The van der Waals surface area contributed by atoms with E-state index in [4.69, 9.17) is 4.74 Å². The predicted octanol–water partition coefficient (Wildman–Crippen LogP) is 3.22. The Hall–Kier alpha value is -2.14. The molecule has 2 rings (SSSR count). The van der Waals surface area contributed by atoms with Crippen LogP contribution in [0.5, 0.6) is 0 Å². The van der Waals surface area contributed by atoms with Crippen LogP contribution < -0.4 is 0 Å². The summed E-state index contributed by atoms with van der Waals surface area (Å²) in [4.78, 5) is 25.8. The average Bonchev–Trinajstić information content (AvgIpc) is 2.97. The molecule has 0 saturated carbocycles. The lowest BCUT2D eigenvalue weighted by Crippen LogP contribution is -2.12. The zero-order valence-corrected chi connectivity index (χ0v) is 12.1.